The maximum absolute atomic E-state index is 11.5. The fourth-order valence-electron chi connectivity index (χ4n) is 1.09. The van der Waals surface area contributed by atoms with E-state index in [-0.39, 0.29) is 17.8 Å². The van der Waals surface area contributed by atoms with E-state index in [9.17, 15) is 19.7 Å². The third-order valence-corrected chi connectivity index (χ3v) is 1.77. The Hall–Kier alpha value is -2.44. The van der Waals surface area contributed by atoms with Gasteiger partial charge >= 0.3 is 0 Å². The van der Waals surface area contributed by atoms with Crippen LogP contribution in [-0.4, -0.2) is 23.3 Å². The first kappa shape index (κ1) is 11.6. The first-order valence-corrected chi connectivity index (χ1v) is 4.32. The van der Waals surface area contributed by atoms with E-state index in [4.69, 9.17) is 5.73 Å². The van der Waals surface area contributed by atoms with Crippen molar-refractivity contribution in [3.63, 3.8) is 0 Å². The summed E-state index contributed by atoms with van der Waals surface area (Å²) in [5, 5.41) is 12.8. The molecule has 0 fully saturated rings. The Labute approximate surface area is 90.4 Å². The molecule has 7 heteroatoms. The van der Waals surface area contributed by atoms with Gasteiger partial charge < -0.3 is 11.1 Å². The van der Waals surface area contributed by atoms with Crippen LogP contribution in [0.1, 0.15) is 10.4 Å². The van der Waals surface area contributed by atoms with E-state index < -0.39 is 16.7 Å². The monoisotopic (exact) mass is 223 g/mol. The van der Waals surface area contributed by atoms with Crippen LogP contribution in [0.25, 0.3) is 0 Å². The largest absolute Gasteiger partial charge is 0.368 e. The highest BCUT2D eigenvalue weighted by Gasteiger charge is 2.18. The molecule has 1 rings (SSSR count). The van der Waals surface area contributed by atoms with Crippen LogP contribution in [0, 0.1) is 10.1 Å². The number of nitro groups is 1. The molecule has 0 aliphatic carbocycles. The molecule has 84 valence electrons. The van der Waals surface area contributed by atoms with Crippen LogP contribution in [0.15, 0.2) is 24.3 Å². The van der Waals surface area contributed by atoms with Gasteiger partial charge in [0.2, 0.25) is 5.91 Å². The van der Waals surface area contributed by atoms with E-state index >= 15 is 0 Å². The maximum atomic E-state index is 11.5. The number of carbonyl (C=O) groups is 2. The van der Waals surface area contributed by atoms with Crippen molar-refractivity contribution >= 4 is 17.5 Å². The highest BCUT2D eigenvalue weighted by Crippen LogP contribution is 2.16. The average Bonchev–Trinajstić information content (AvgIpc) is 2.25. The SMILES string of the molecule is NC(=O)CNC(=O)c1ccccc1[N+](=O)[O-]. The predicted molar refractivity (Wildman–Crippen MR) is 54.6 cm³/mol. The van der Waals surface area contributed by atoms with Crippen molar-refractivity contribution in [3.05, 3.63) is 39.9 Å². The molecule has 0 heterocycles. The molecule has 1 aromatic carbocycles. The van der Waals surface area contributed by atoms with Gasteiger partial charge in [0.15, 0.2) is 0 Å². The average molecular weight is 223 g/mol. The number of nitrogens with one attached hydrogen (secondary N) is 1. The highest BCUT2D eigenvalue weighted by atomic mass is 16.6. The molecule has 0 aliphatic rings. The fraction of sp³-hybridized carbons (Fsp3) is 0.111. The van der Waals surface area contributed by atoms with E-state index in [1.807, 2.05) is 0 Å². The standard InChI is InChI=1S/C9H9N3O4/c10-8(13)5-11-9(14)6-3-1-2-4-7(6)12(15)16/h1-4H,5H2,(H2,10,13)(H,11,14). The van der Waals surface area contributed by atoms with E-state index in [2.05, 4.69) is 5.32 Å². The Morgan fingerprint density at radius 3 is 2.56 bits per heavy atom. The lowest BCUT2D eigenvalue weighted by Crippen LogP contribution is -2.33. The number of hydrogen-bond acceptors (Lipinski definition) is 4. The van der Waals surface area contributed by atoms with Gasteiger partial charge in [-0.25, -0.2) is 0 Å². The number of nitrogens with two attached hydrogens (primary N) is 1. The number of nitro benzene ring substituents is 1. The van der Waals surface area contributed by atoms with Gasteiger partial charge in [0.1, 0.15) is 5.56 Å². The number of primary amides is 1. The fourth-order valence-corrected chi connectivity index (χ4v) is 1.09. The Bertz CT molecular complexity index is 444. The van der Waals surface area contributed by atoms with Crippen LogP contribution in [0.2, 0.25) is 0 Å². The summed E-state index contributed by atoms with van der Waals surface area (Å²) in [6, 6.07) is 5.45. The Morgan fingerprint density at radius 1 is 1.38 bits per heavy atom. The van der Waals surface area contributed by atoms with Gasteiger partial charge in [-0.05, 0) is 6.07 Å². The van der Waals surface area contributed by atoms with Crippen LogP contribution in [-0.2, 0) is 4.79 Å². The lowest BCUT2D eigenvalue weighted by molar-refractivity contribution is -0.385. The molecule has 0 atom stereocenters. The van der Waals surface area contributed by atoms with Gasteiger partial charge in [-0.3, -0.25) is 19.7 Å². The lowest BCUT2D eigenvalue weighted by Gasteiger charge is -2.03. The molecular formula is C9H9N3O4. The molecule has 2 amide bonds. The topological polar surface area (TPSA) is 115 Å². The maximum Gasteiger partial charge on any atom is 0.282 e. The minimum absolute atomic E-state index is 0.103. The smallest absolute Gasteiger partial charge is 0.282 e. The van der Waals surface area contributed by atoms with Gasteiger partial charge in [-0.1, -0.05) is 12.1 Å². The predicted octanol–water partition coefficient (Wildman–Crippen LogP) is -0.190. The summed E-state index contributed by atoms with van der Waals surface area (Å²) in [5.74, 6) is -1.42. The molecule has 0 bridgehead atoms. The molecule has 0 aliphatic heterocycles. The van der Waals surface area contributed by atoms with E-state index in [0.29, 0.717) is 0 Å². The molecule has 0 radical (unpaired) electrons. The van der Waals surface area contributed by atoms with Gasteiger partial charge in [0.25, 0.3) is 11.6 Å². The lowest BCUT2D eigenvalue weighted by atomic mass is 10.1. The van der Waals surface area contributed by atoms with Crippen LogP contribution >= 0.6 is 0 Å². The van der Waals surface area contributed by atoms with Gasteiger partial charge in [0.05, 0.1) is 11.5 Å². The molecule has 16 heavy (non-hydrogen) atoms. The van der Waals surface area contributed by atoms with E-state index in [1.54, 1.807) is 0 Å². The van der Waals surface area contributed by atoms with Crippen molar-refractivity contribution in [3.8, 4) is 0 Å². The number of amides is 2. The minimum Gasteiger partial charge on any atom is -0.368 e. The third kappa shape index (κ3) is 2.77. The summed E-state index contributed by atoms with van der Waals surface area (Å²) < 4.78 is 0. The molecule has 0 aromatic heterocycles. The second kappa shape index (κ2) is 4.87. The number of para-hydroxylation sites is 1. The molecule has 7 nitrogen and oxygen atoms in total. The summed E-state index contributed by atoms with van der Waals surface area (Å²) in [6.07, 6.45) is 0. The Kier molecular flexibility index (Phi) is 3.54. The number of rotatable bonds is 4. The zero-order valence-corrected chi connectivity index (χ0v) is 8.17. The molecule has 0 saturated carbocycles. The van der Waals surface area contributed by atoms with Crippen LogP contribution in [0.4, 0.5) is 5.69 Å². The molecule has 0 unspecified atom stereocenters. The molecule has 1 aromatic rings. The normalized spacial score (nSPS) is 9.50. The van der Waals surface area contributed by atoms with E-state index in [1.165, 1.54) is 24.3 Å². The molecular weight excluding hydrogens is 214 g/mol. The zero-order valence-electron chi connectivity index (χ0n) is 8.17. The molecule has 0 saturated heterocycles. The minimum atomic E-state index is -0.716. The van der Waals surface area contributed by atoms with E-state index in [0.717, 1.165) is 0 Å². The highest BCUT2D eigenvalue weighted by molar-refractivity contribution is 5.99. The summed E-state index contributed by atoms with van der Waals surface area (Å²) >= 11 is 0. The Morgan fingerprint density at radius 2 is 2.00 bits per heavy atom. The number of carbonyl (C=O) groups excluding carboxylic acids is 2. The second-order valence-corrected chi connectivity index (χ2v) is 2.92. The van der Waals surface area contributed by atoms with Gasteiger partial charge in [0, 0.05) is 6.07 Å². The summed E-state index contributed by atoms with van der Waals surface area (Å²) in [6.45, 7) is -0.356. The van der Waals surface area contributed by atoms with Crippen molar-refractivity contribution in [2.45, 2.75) is 0 Å². The number of nitrogens with zero attached hydrogens (tertiary/aromatic N) is 1. The van der Waals surface area contributed by atoms with Crippen LogP contribution in [0.5, 0.6) is 0 Å². The van der Waals surface area contributed by atoms with Crippen molar-refractivity contribution in [2.24, 2.45) is 5.73 Å². The molecule has 0 spiro atoms. The van der Waals surface area contributed by atoms with Gasteiger partial charge in [-0.2, -0.15) is 0 Å². The quantitative estimate of drug-likeness (QED) is 0.543. The number of hydrogen-bond donors (Lipinski definition) is 2. The van der Waals surface area contributed by atoms with Crippen molar-refractivity contribution in [2.75, 3.05) is 6.54 Å². The molecule has 3 N–H and O–H groups in total. The summed E-state index contributed by atoms with van der Waals surface area (Å²) in [4.78, 5) is 31.8. The van der Waals surface area contributed by atoms with Crippen LogP contribution < -0.4 is 11.1 Å². The first-order chi connectivity index (χ1) is 7.52. The van der Waals surface area contributed by atoms with Gasteiger partial charge in [-0.15, -0.1) is 0 Å². The summed E-state index contributed by atoms with van der Waals surface area (Å²) in [5.41, 5.74) is 4.41. The van der Waals surface area contributed by atoms with Crippen molar-refractivity contribution in [1.29, 1.82) is 0 Å². The third-order valence-electron chi connectivity index (χ3n) is 1.77. The zero-order chi connectivity index (χ0) is 12.1. The first-order valence-electron chi connectivity index (χ1n) is 4.32. The second-order valence-electron chi connectivity index (χ2n) is 2.92. The van der Waals surface area contributed by atoms with Crippen molar-refractivity contribution in [1.82, 2.24) is 5.32 Å². The summed E-state index contributed by atoms with van der Waals surface area (Å²) in [7, 11) is 0. The number of benzene rings is 1. The van der Waals surface area contributed by atoms with Crippen molar-refractivity contribution < 1.29 is 14.5 Å². The van der Waals surface area contributed by atoms with Crippen LogP contribution in [0.3, 0.4) is 0 Å². The Balaban J connectivity index is 2.90.